The highest BCUT2D eigenvalue weighted by Crippen LogP contribution is 2.37. The number of hydrogen-bond acceptors (Lipinski definition) is 3. The van der Waals surface area contributed by atoms with E-state index in [1.807, 2.05) is 18.2 Å². The Labute approximate surface area is 108 Å². The second-order valence-electron chi connectivity index (χ2n) is 5.09. The van der Waals surface area contributed by atoms with Gasteiger partial charge in [0.2, 0.25) is 0 Å². The third kappa shape index (κ3) is 2.27. The number of ether oxygens (including phenoxy) is 1. The zero-order valence-electron chi connectivity index (χ0n) is 11.1. The highest BCUT2D eigenvalue weighted by Gasteiger charge is 2.33. The summed E-state index contributed by atoms with van der Waals surface area (Å²) in [5.74, 6) is 0.530. The van der Waals surface area contributed by atoms with Crippen molar-refractivity contribution in [3.63, 3.8) is 0 Å². The molecule has 0 bridgehead atoms. The monoisotopic (exact) mass is 248 g/mol. The van der Waals surface area contributed by atoms with E-state index >= 15 is 0 Å². The molecule has 0 aromatic heterocycles. The minimum atomic E-state index is -0.591. The summed E-state index contributed by atoms with van der Waals surface area (Å²) in [6.45, 7) is 3.47. The third-order valence-corrected chi connectivity index (χ3v) is 3.95. The van der Waals surface area contributed by atoms with Gasteiger partial charge in [-0.2, -0.15) is 0 Å². The second kappa shape index (κ2) is 5.11. The number of benzene rings is 1. The molecule has 1 N–H and O–H groups in total. The summed E-state index contributed by atoms with van der Waals surface area (Å²) < 4.78 is 5.21. The number of methoxy groups -OCH3 is 1. The average Bonchev–Trinajstić information content (AvgIpc) is 2.79. The standard InChI is InChI=1S/C15H20O3/c1-9(10(2)16)15(17)13-7-5-11-4-6-12(18-3)8-14(11)13/h4,6,8-10,13,16H,5,7H2,1-3H3/t9-,10+,13+/m0/s1. The molecule has 1 aliphatic carbocycles. The van der Waals surface area contributed by atoms with Gasteiger partial charge in [0.05, 0.1) is 13.2 Å². The first-order valence-electron chi connectivity index (χ1n) is 6.43. The van der Waals surface area contributed by atoms with Gasteiger partial charge in [0.15, 0.2) is 0 Å². The van der Waals surface area contributed by atoms with Crippen molar-refractivity contribution in [1.29, 1.82) is 0 Å². The molecule has 18 heavy (non-hydrogen) atoms. The van der Waals surface area contributed by atoms with Crippen LogP contribution < -0.4 is 4.74 Å². The van der Waals surface area contributed by atoms with Gasteiger partial charge in [-0.3, -0.25) is 4.79 Å². The fraction of sp³-hybridized carbons (Fsp3) is 0.533. The van der Waals surface area contributed by atoms with Crippen LogP contribution in [0.1, 0.15) is 37.3 Å². The van der Waals surface area contributed by atoms with E-state index in [9.17, 15) is 9.90 Å². The topological polar surface area (TPSA) is 46.5 Å². The van der Waals surface area contributed by atoms with Crippen molar-refractivity contribution >= 4 is 5.78 Å². The number of aliphatic hydroxyl groups is 1. The lowest BCUT2D eigenvalue weighted by Crippen LogP contribution is -2.27. The van der Waals surface area contributed by atoms with Gasteiger partial charge < -0.3 is 9.84 Å². The SMILES string of the molecule is COc1ccc2c(c1)[C@H](C(=O)[C@@H](C)[C@@H](C)O)CC2. The highest BCUT2D eigenvalue weighted by atomic mass is 16.5. The first-order valence-corrected chi connectivity index (χ1v) is 6.43. The zero-order chi connectivity index (χ0) is 13.3. The van der Waals surface area contributed by atoms with E-state index in [1.54, 1.807) is 21.0 Å². The number of hydrogen-bond donors (Lipinski definition) is 1. The van der Waals surface area contributed by atoms with E-state index in [0.29, 0.717) is 0 Å². The second-order valence-corrected chi connectivity index (χ2v) is 5.09. The van der Waals surface area contributed by atoms with Crippen molar-refractivity contribution in [1.82, 2.24) is 0 Å². The van der Waals surface area contributed by atoms with Crippen LogP contribution in [0.4, 0.5) is 0 Å². The maximum Gasteiger partial charge on any atom is 0.145 e. The normalized spacial score (nSPS) is 21.2. The van der Waals surface area contributed by atoms with Gasteiger partial charge in [0, 0.05) is 11.8 Å². The molecule has 3 atom stereocenters. The van der Waals surface area contributed by atoms with Crippen molar-refractivity contribution in [2.75, 3.05) is 7.11 Å². The Morgan fingerprint density at radius 2 is 2.17 bits per heavy atom. The molecule has 0 heterocycles. The van der Waals surface area contributed by atoms with Crippen LogP contribution in [0.2, 0.25) is 0 Å². The van der Waals surface area contributed by atoms with Crippen molar-refractivity contribution in [3.05, 3.63) is 29.3 Å². The van der Waals surface area contributed by atoms with Gasteiger partial charge in [-0.25, -0.2) is 0 Å². The van der Waals surface area contributed by atoms with E-state index in [2.05, 4.69) is 0 Å². The molecular formula is C15H20O3. The number of fused-ring (bicyclic) bond motifs is 1. The zero-order valence-corrected chi connectivity index (χ0v) is 11.1. The Kier molecular flexibility index (Phi) is 3.71. The van der Waals surface area contributed by atoms with Gasteiger partial charge in [-0.05, 0) is 43.0 Å². The van der Waals surface area contributed by atoms with E-state index in [4.69, 9.17) is 4.74 Å². The van der Waals surface area contributed by atoms with Crippen molar-refractivity contribution in [2.24, 2.45) is 5.92 Å². The lowest BCUT2D eigenvalue weighted by Gasteiger charge is -2.19. The molecule has 0 unspecified atom stereocenters. The summed E-state index contributed by atoms with van der Waals surface area (Å²) in [6.07, 6.45) is 1.19. The average molecular weight is 248 g/mol. The molecule has 1 aliphatic rings. The summed E-state index contributed by atoms with van der Waals surface area (Å²) in [7, 11) is 1.63. The number of carbonyl (C=O) groups excluding carboxylic acids is 1. The summed E-state index contributed by atoms with van der Waals surface area (Å²) in [4.78, 5) is 12.3. The Balaban J connectivity index is 2.27. The Morgan fingerprint density at radius 1 is 1.44 bits per heavy atom. The molecule has 0 spiro atoms. The molecule has 3 nitrogen and oxygen atoms in total. The lowest BCUT2D eigenvalue weighted by molar-refractivity contribution is -0.126. The smallest absolute Gasteiger partial charge is 0.145 e. The van der Waals surface area contributed by atoms with E-state index in [1.165, 1.54) is 5.56 Å². The van der Waals surface area contributed by atoms with E-state index in [0.717, 1.165) is 24.2 Å². The molecule has 3 heteroatoms. The molecule has 0 radical (unpaired) electrons. The molecule has 0 amide bonds. The van der Waals surface area contributed by atoms with Gasteiger partial charge >= 0.3 is 0 Å². The fourth-order valence-electron chi connectivity index (χ4n) is 2.56. The van der Waals surface area contributed by atoms with Gasteiger partial charge in [-0.15, -0.1) is 0 Å². The fourth-order valence-corrected chi connectivity index (χ4v) is 2.56. The van der Waals surface area contributed by atoms with Gasteiger partial charge in [0.25, 0.3) is 0 Å². The predicted octanol–water partition coefficient (Wildman–Crippen LogP) is 2.31. The van der Waals surface area contributed by atoms with Crippen LogP contribution >= 0.6 is 0 Å². The summed E-state index contributed by atoms with van der Waals surface area (Å²) >= 11 is 0. The minimum absolute atomic E-state index is 0.0836. The number of carbonyl (C=O) groups is 1. The van der Waals surface area contributed by atoms with E-state index < -0.39 is 6.10 Å². The minimum Gasteiger partial charge on any atom is -0.497 e. The largest absolute Gasteiger partial charge is 0.497 e. The number of Topliss-reactive ketones (excluding diaryl/α,β-unsaturated/α-hetero) is 1. The van der Waals surface area contributed by atoms with Gasteiger partial charge in [0.1, 0.15) is 11.5 Å². The van der Waals surface area contributed by atoms with Crippen LogP contribution in [0, 0.1) is 5.92 Å². The van der Waals surface area contributed by atoms with Crippen molar-refractivity contribution in [3.8, 4) is 5.75 Å². The summed E-state index contributed by atoms with van der Waals surface area (Å²) in [5.41, 5.74) is 2.30. The summed E-state index contributed by atoms with van der Waals surface area (Å²) in [5, 5.41) is 9.55. The molecule has 0 aliphatic heterocycles. The number of ketones is 1. The van der Waals surface area contributed by atoms with E-state index in [-0.39, 0.29) is 17.6 Å². The first-order chi connectivity index (χ1) is 8.54. The van der Waals surface area contributed by atoms with Crippen molar-refractivity contribution in [2.45, 2.75) is 38.7 Å². The highest BCUT2D eigenvalue weighted by molar-refractivity contribution is 5.89. The molecule has 0 saturated heterocycles. The molecule has 0 saturated carbocycles. The lowest BCUT2D eigenvalue weighted by atomic mass is 9.87. The molecule has 98 valence electrons. The Bertz CT molecular complexity index is 451. The first kappa shape index (κ1) is 13.1. The molecule has 2 rings (SSSR count). The number of aliphatic hydroxyl groups excluding tert-OH is 1. The third-order valence-electron chi connectivity index (χ3n) is 3.95. The van der Waals surface area contributed by atoms with Crippen LogP contribution in [0.25, 0.3) is 0 Å². The number of rotatable bonds is 4. The molecule has 1 aromatic rings. The van der Waals surface area contributed by atoms with Crippen molar-refractivity contribution < 1.29 is 14.6 Å². The maximum atomic E-state index is 12.3. The van der Waals surface area contributed by atoms with Gasteiger partial charge in [-0.1, -0.05) is 13.0 Å². The Morgan fingerprint density at radius 3 is 2.78 bits per heavy atom. The number of aryl methyl sites for hydroxylation is 1. The molecule has 0 fully saturated rings. The molecule has 1 aromatic carbocycles. The van der Waals surface area contributed by atoms with Crippen LogP contribution in [0.3, 0.4) is 0 Å². The van der Waals surface area contributed by atoms with Crippen LogP contribution in [-0.2, 0) is 11.2 Å². The quantitative estimate of drug-likeness (QED) is 0.889. The maximum absolute atomic E-state index is 12.3. The van der Waals surface area contributed by atoms with Crippen LogP contribution in [0.5, 0.6) is 5.75 Å². The predicted molar refractivity (Wildman–Crippen MR) is 69.9 cm³/mol. The van der Waals surface area contributed by atoms with Crippen LogP contribution in [0.15, 0.2) is 18.2 Å². The van der Waals surface area contributed by atoms with Crippen LogP contribution in [-0.4, -0.2) is 24.1 Å². The molecular weight excluding hydrogens is 228 g/mol. The Hall–Kier alpha value is -1.35. The summed E-state index contributed by atoms with van der Waals surface area (Å²) in [6, 6.07) is 5.93.